The number of hydrogen-bond donors (Lipinski definition) is 0. The van der Waals surface area contributed by atoms with Crippen LogP contribution in [0.4, 0.5) is 19.0 Å². The van der Waals surface area contributed by atoms with E-state index < -0.39 is 11.7 Å². The Labute approximate surface area is 160 Å². The van der Waals surface area contributed by atoms with Gasteiger partial charge in [0, 0.05) is 24.0 Å². The molecule has 0 spiro atoms. The average Bonchev–Trinajstić information content (AvgIpc) is 3.05. The van der Waals surface area contributed by atoms with Gasteiger partial charge >= 0.3 is 6.18 Å². The molecular formula is C20H20F3N5. The summed E-state index contributed by atoms with van der Waals surface area (Å²) in [4.78, 5) is 10.5. The average molecular weight is 387 g/mol. The third-order valence-electron chi connectivity index (χ3n) is 5.05. The molecular weight excluding hydrogens is 367 g/mol. The van der Waals surface area contributed by atoms with Gasteiger partial charge in [0.05, 0.1) is 35.7 Å². The maximum Gasteiger partial charge on any atom is 0.418 e. The Morgan fingerprint density at radius 2 is 1.93 bits per heavy atom. The lowest BCUT2D eigenvalue weighted by Crippen LogP contribution is -2.37. The first-order valence-electron chi connectivity index (χ1n) is 9.03. The summed E-state index contributed by atoms with van der Waals surface area (Å²) in [5.41, 5.74) is 3.26. The molecule has 8 heteroatoms. The van der Waals surface area contributed by atoms with E-state index >= 15 is 0 Å². The third-order valence-corrected chi connectivity index (χ3v) is 5.05. The second kappa shape index (κ2) is 6.61. The first-order valence-corrected chi connectivity index (χ1v) is 9.03. The summed E-state index contributed by atoms with van der Waals surface area (Å²) in [5, 5.41) is 4.54. The normalized spacial score (nSPS) is 16.9. The molecule has 146 valence electrons. The highest BCUT2D eigenvalue weighted by molar-refractivity contribution is 5.66. The minimum Gasteiger partial charge on any atom is -0.349 e. The minimum atomic E-state index is -4.39. The zero-order valence-corrected chi connectivity index (χ0v) is 15.8. The molecule has 0 fully saturated rings. The number of hydrogen-bond acceptors (Lipinski definition) is 4. The van der Waals surface area contributed by atoms with Gasteiger partial charge in [0.1, 0.15) is 5.82 Å². The van der Waals surface area contributed by atoms with Gasteiger partial charge in [-0.25, -0.2) is 4.98 Å². The molecule has 3 aromatic rings. The van der Waals surface area contributed by atoms with E-state index in [1.165, 1.54) is 13.0 Å². The number of anilines is 1. The number of halogens is 3. The second-order valence-corrected chi connectivity index (χ2v) is 7.17. The fourth-order valence-electron chi connectivity index (χ4n) is 3.72. The smallest absolute Gasteiger partial charge is 0.349 e. The second-order valence-electron chi connectivity index (χ2n) is 7.17. The van der Waals surface area contributed by atoms with Gasteiger partial charge in [-0.05, 0) is 50.6 Å². The van der Waals surface area contributed by atoms with Crippen LogP contribution in [0.3, 0.4) is 0 Å². The number of alkyl halides is 3. The largest absolute Gasteiger partial charge is 0.418 e. The van der Waals surface area contributed by atoms with Gasteiger partial charge < -0.3 is 4.90 Å². The highest BCUT2D eigenvalue weighted by Crippen LogP contribution is 2.35. The fraction of sp³-hybridized carbons (Fsp3) is 0.350. The number of fused-ring (bicyclic) bond motifs is 1. The van der Waals surface area contributed by atoms with Gasteiger partial charge in [-0.15, -0.1) is 0 Å². The van der Waals surface area contributed by atoms with E-state index in [0.717, 1.165) is 28.6 Å². The monoisotopic (exact) mass is 387 g/mol. The summed E-state index contributed by atoms with van der Waals surface area (Å²) in [6.45, 7) is 6.53. The van der Waals surface area contributed by atoms with E-state index in [0.29, 0.717) is 18.9 Å². The van der Waals surface area contributed by atoms with Crippen LogP contribution in [0.1, 0.15) is 35.6 Å². The van der Waals surface area contributed by atoms with E-state index in [1.807, 2.05) is 41.8 Å². The molecule has 0 N–H and O–H groups in total. The van der Waals surface area contributed by atoms with Crippen LogP contribution in [0.5, 0.6) is 0 Å². The van der Waals surface area contributed by atoms with Crippen molar-refractivity contribution in [3.63, 3.8) is 0 Å². The van der Waals surface area contributed by atoms with Crippen LogP contribution in [0.2, 0.25) is 0 Å². The fourth-order valence-corrected chi connectivity index (χ4v) is 3.72. The van der Waals surface area contributed by atoms with Crippen molar-refractivity contribution in [2.24, 2.45) is 0 Å². The molecule has 0 aliphatic carbocycles. The van der Waals surface area contributed by atoms with E-state index in [4.69, 9.17) is 0 Å². The Hall–Kier alpha value is -2.90. The Morgan fingerprint density at radius 3 is 2.61 bits per heavy atom. The molecule has 0 amide bonds. The van der Waals surface area contributed by atoms with Gasteiger partial charge in [0.25, 0.3) is 0 Å². The summed E-state index contributed by atoms with van der Waals surface area (Å²) in [6.07, 6.45) is -0.787. The van der Waals surface area contributed by atoms with E-state index in [-0.39, 0.29) is 11.7 Å². The van der Waals surface area contributed by atoms with Crippen LogP contribution in [0, 0.1) is 13.8 Å². The van der Waals surface area contributed by atoms with Gasteiger partial charge in [-0.3, -0.25) is 9.67 Å². The first kappa shape index (κ1) is 18.5. The van der Waals surface area contributed by atoms with Crippen LogP contribution in [-0.4, -0.2) is 26.3 Å². The zero-order chi connectivity index (χ0) is 20.1. The molecule has 1 aliphatic heterocycles. The van der Waals surface area contributed by atoms with Crippen molar-refractivity contribution in [2.45, 2.75) is 39.5 Å². The highest BCUT2D eigenvalue weighted by atomic mass is 19.4. The summed E-state index contributed by atoms with van der Waals surface area (Å²) in [7, 11) is 0. The predicted octanol–water partition coefficient (Wildman–Crippen LogP) is 4.56. The van der Waals surface area contributed by atoms with E-state index in [9.17, 15) is 13.2 Å². The molecule has 0 aromatic carbocycles. The van der Waals surface area contributed by atoms with Crippen LogP contribution < -0.4 is 4.90 Å². The van der Waals surface area contributed by atoms with Crippen molar-refractivity contribution in [3.05, 3.63) is 59.3 Å². The lowest BCUT2D eigenvalue weighted by molar-refractivity contribution is -0.138. The zero-order valence-electron chi connectivity index (χ0n) is 15.8. The molecule has 28 heavy (non-hydrogen) atoms. The van der Waals surface area contributed by atoms with Crippen molar-refractivity contribution < 1.29 is 13.2 Å². The molecule has 1 aliphatic rings. The third kappa shape index (κ3) is 3.23. The van der Waals surface area contributed by atoms with Crippen molar-refractivity contribution in [1.29, 1.82) is 0 Å². The van der Waals surface area contributed by atoms with Crippen molar-refractivity contribution in [1.82, 2.24) is 19.7 Å². The molecule has 3 aromatic heterocycles. The number of aromatic nitrogens is 4. The maximum atomic E-state index is 13.0. The van der Waals surface area contributed by atoms with Crippen LogP contribution >= 0.6 is 0 Å². The Morgan fingerprint density at radius 1 is 1.14 bits per heavy atom. The van der Waals surface area contributed by atoms with Gasteiger partial charge in [0.15, 0.2) is 0 Å². The Bertz CT molecular complexity index is 1020. The first-order chi connectivity index (χ1) is 13.2. The van der Waals surface area contributed by atoms with Crippen LogP contribution in [0.25, 0.3) is 11.1 Å². The van der Waals surface area contributed by atoms with Crippen LogP contribution in [0.15, 0.2) is 36.7 Å². The molecule has 0 saturated carbocycles. The van der Waals surface area contributed by atoms with Gasteiger partial charge in [0.2, 0.25) is 0 Å². The minimum absolute atomic E-state index is 0.0123. The van der Waals surface area contributed by atoms with E-state index in [2.05, 4.69) is 15.1 Å². The molecule has 1 unspecified atom stereocenters. The summed E-state index contributed by atoms with van der Waals surface area (Å²) >= 11 is 0. The number of nitrogens with zero attached hydrogens (tertiary/aromatic N) is 5. The van der Waals surface area contributed by atoms with Crippen molar-refractivity contribution >= 4 is 5.82 Å². The van der Waals surface area contributed by atoms with Crippen LogP contribution in [-0.2, 0) is 12.7 Å². The Kier molecular flexibility index (Phi) is 4.36. The topological polar surface area (TPSA) is 46.8 Å². The van der Waals surface area contributed by atoms with Crippen molar-refractivity contribution in [2.75, 3.05) is 11.4 Å². The number of aryl methyl sites for hydroxylation is 2. The predicted molar refractivity (Wildman–Crippen MR) is 99.9 cm³/mol. The molecule has 0 saturated heterocycles. The molecule has 0 radical (unpaired) electrons. The van der Waals surface area contributed by atoms with Crippen molar-refractivity contribution in [3.8, 4) is 11.1 Å². The lowest BCUT2D eigenvalue weighted by atomic mass is 10.0. The summed E-state index contributed by atoms with van der Waals surface area (Å²) in [6, 6.07) is 6.58. The molecule has 4 heterocycles. The summed E-state index contributed by atoms with van der Waals surface area (Å²) < 4.78 is 41.1. The standard InChI is InChI=1S/C20H20F3N5/c1-12-8-15(6-7-24-12)16-9-25-28-13(2)10-27(11-18(16)28)19-5-4-17(14(3)26-19)20(21,22)23/h4-9,13H,10-11H2,1-3H3. The molecule has 4 rings (SSSR count). The van der Waals surface area contributed by atoms with Gasteiger partial charge in [-0.2, -0.15) is 18.3 Å². The highest BCUT2D eigenvalue weighted by Gasteiger charge is 2.34. The summed E-state index contributed by atoms with van der Waals surface area (Å²) in [5.74, 6) is 0.543. The van der Waals surface area contributed by atoms with Gasteiger partial charge in [-0.1, -0.05) is 0 Å². The molecule has 1 atom stereocenters. The number of pyridine rings is 2. The number of rotatable bonds is 2. The maximum absolute atomic E-state index is 13.0. The quantitative estimate of drug-likeness (QED) is 0.647. The van der Waals surface area contributed by atoms with E-state index in [1.54, 1.807) is 6.20 Å². The lowest BCUT2D eigenvalue weighted by Gasteiger charge is -2.34. The molecule has 5 nitrogen and oxygen atoms in total. The SMILES string of the molecule is Cc1cc(-c2cnn3c2CN(c2ccc(C(F)(F)F)c(C)n2)CC3C)ccn1. The Balaban J connectivity index is 1.70. The molecule has 0 bridgehead atoms.